The first-order valence-corrected chi connectivity index (χ1v) is 12.6. The van der Waals surface area contributed by atoms with Crippen LogP contribution in [-0.4, -0.2) is 54.7 Å². The largest absolute Gasteiger partial charge is 0.374 e. The Hall–Kier alpha value is -1.93. The van der Waals surface area contributed by atoms with Gasteiger partial charge in [-0.25, -0.2) is 4.98 Å². The van der Waals surface area contributed by atoms with Crippen molar-refractivity contribution in [2.75, 3.05) is 32.8 Å². The van der Waals surface area contributed by atoms with E-state index >= 15 is 0 Å². The molecule has 0 saturated carbocycles. The van der Waals surface area contributed by atoms with Gasteiger partial charge in [-0.05, 0) is 29.7 Å². The van der Waals surface area contributed by atoms with Gasteiger partial charge in [-0.1, -0.05) is 55.9 Å². The number of thioether (sulfide) groups is 1. The Balaban J connectivity index is 1.34. The maximum Gasteiger partial charge on any atom is 0.251 e. The Morgan fingerprint density at radius 3 is 2.90 bits per heavy atom. The van der Waals surface area contributed by atoms with Crippen LogP contribution in [0, 0.1) is 5.92 Å². The second kappa shape index (κ2) is 10.6. The minimum Gasteiger partial charge on any atom is -0.374 e. The van der Waals surface area contributed by atoms with Crippen molar-refractivity contribution < 1.29 is 9.53 Å². The van der Waals surface area contributed by atoms with Crippen molar-refractivity contribution in [1.29, 1.82) is 0 Å². The summed E-state index contributed by atoms with van der Waals surface area (Å²) in [6.07, 6.45) is 0.0423. The first-order chi connectivity index (χ1) is 15.1. The van der Waals surface area contributed by atoms with Crippen molar-refractivity contribution in [3.05, 3.63) is 59.7 Å². The van der Waals surface area contributed by atoms with Crippen molar-refractivity contribution in [3.8, 4) is 0 Å². The zero-order valence-electron chi connectivity index (χ0n) is 18.0. The normalized spacial score (nSPS) is 17.3. The number of amides is 1. The molecule has 1 fully saturated rings. The summed E-state index contributed by atoms with van der Waals surface area (Å²) in [7, 11) is 0. The van der Waals surface area contributed by atoms with E-state index in [-0.39, 0.29) is 12.0 Å². The van der Waals surface area contributed by atoms with Gasteiger partial charge in [-0.15, -0.1) is 11.3 Å². The molecule has 1 saturated heterocycles. The predicted molar refractivity (Wildman–Crippen MR) is 129 cm³/mol. The second-order valence-electron chi connectivity index (χ2n) is 8.25. The van der Waals surface area contributed by atoms with Gasteiger partial charge in [0.05, 0.1) is 22.9 Å². The lowest BCUT2D eigenvalue weighted by molar-refractivity contribution is -0.0295. The summed E-state index contributed by atoms with van der Waals surface area (Å²) in [6, 6.07) is 16.0. The molecule has 3 aromatic rings. The summed E-state index contributed by atoms with van der Waals surface area (Å²) in [4.78, 5) is 20.0. The molecule has 2 aromatic carbocycles. The average Bonchev–Trinajstić information content (AvgIpc) is 3.19. The lowest BCUT2D eigenvalue weighted by atomic mass is 10.1. The van der Waals surface area contributed by atoms with Crippen LogP contribution in [-0.2, 0) is 10.5 Å². The molecule has 0 aliphatic carbocycles. The van der Waals surface area contributed by atoms with Crippen LogP contribution in [0.3, 0.4) is 0 Å². The number of hydrogen-bond acceptors (Lipinski definition) is 6. The highest BCUT2D eigenvalue weighted by atomic mass is 32.2. The topological polar surface area (TPSA) is 54.5 Å². The number of nitrogens with one attached hydrogen (secondary N) is 1. The van der Waals surface area contributed by atoms with Crippen molar-refractivity contribution >= 4 is 39.2 Å². The number of carbonyl (C=O) groups excluding carboxylic acids is 1. The van der Waals surface area contributed by atoms with E-state index in [0.29, 0.717) is 18.2 Å². The number of hydrogen-bond donors (Lipinski definition) is 1. The quantitative estimate of drug-likeness (QED) is 0.500. The standard InChI is InChI=1S/C24H29N3O2S2/c1-17(2)14-27-11-12-29-19(15-27)13-25-23(28)20-8-4-3-7-18(20)16-30-24-26-21-9-5-6-10-22(21)31-24/h3-10,17,19H,11-16H2,1-2H3,(H,25,28)/t19-/m1/s1. The Bertz CT molecular complexity index is 988. The number of para-hydroxylation sites is 1. The maximum atomic E-state index is 12.9. The van der Waals surface area contributed by atoms with Gasteiger partial charge < -0.3 is 10.1 Å². The zero-order valence-corrected chi connectivity index (χ0v) is 19.7. The van der Waals surface area contributed by atoms with E-state index in [9.17, 15) is 4.79 Å². The second-order valence-corrected chi connectivity index (χ2v) is 10.5. The van der Waals surface area contributed by atoms with Crippen molar-refractivity contribution in [1.82, 2.24) is 15.2 Å². The molecule has 1 atom stereocenters. The van der Waals surface area contributed by atoms with Gasteiger partial charge in [0.1, 0.15) is 0 Å². The zero-order chi connectivity index (χ0) is 21.6. The molecule has 7 heteroatoms. The number of thiazole rings is 1. The number of carbonyl (C=O) groups is 1. The molecular weight excluding hydrogens is 426 g/mol. The van der Waals surface area contributed by atoms with E-state index in [4.69, 9.17) is 4.74 Å². The molecule has 1 aliphatic heterocycles. The molecule has 0 bridgehead atoms. The summed E-state index contributed by atoms with van der Waals surface area (Å²) in [5.41, 5.74) is 2.78. The van der Waals surface area contributed by atoms with Crippen LogP contribution in [0.1, 0.15) is 29.8 Å². The van der Waals surface area contributed by atoms with Gasteiger partial charge in [-0.3, -0.25) is 9.69 Å². The van der Waals surface area contributed by atoms with Crippen LogP contribution in [0.5, 0.6) is 0 Å². The Morgan fingerprint density at radius 2 is 2.06 bits per heavy atom. The third kappa shape index (κ3) is 6.07. The van der Waals surface area contributed by atoms with Crippen molar-refractivity contribution in [2.45, 2.75) is 30.0 Å². The van der Waals surface area contributed by atoms with Crippen LogP contribution in [0.25, 0.3) is 10.2 Å². The van der Waals surface area contributed by atoms with Gasteiger partial charge in [-0.2, -0.15) is 0 Å². The van der Waals surface area contributed by atoms with Gasteiger partial charge in [0.2, 0.25) is 0 Å². The Kier molecular flexibility index (Phi) is 7.61. The van der Waals surface area contributed by atoms with E-state index in [1.165, 1.54) is 4.70 Å². The SMILES string of the molecule is CC(C)CN1CCO[C@H](CNC(=O)c2ccccc2CSc2nc3ccccc3s2)C1. The van der Waals surface area contributed by atoms with Crippen molar-refractivity contribution in [3.63, 3.8) is 0 Å². The van der Waals surface area contributed by atoms with E-state index < -0.39 is 0 Å². The highest BCUT2D eigenvalue weighted by Crippen LogP contribution is 2.32. The summed E-state index contributed by atoms with van der Waals surface area (Å²) in [6.45, 7) is 8.63. The highest BCUT2D eigenvalue weighted by Gasteiger charge is 2.22. The van der Waals surface area contributed by atoms with Gasteiger partial charge >= 0.3 is 0 Å². The fraction of sp³-hybridized carbons (Fsp3) is 0.417. The van der Waals surface area contributed by atoms with Gasteiger partial charge in [0.15, 0.2) is 4.34 Å². The molecule has 1 amide bonds. The maximum absolute atomic E-state index is 12.9. The molecular formula is C24H29N3O2S2. The monoisotopic (exact) mass is 455 g/mol. The summed E-state index contributed by atoms with van der Waals surface area (Å²) in [5.74, 6) is 1.31. The number of benzene rings is 2. The number of rotatable bonds is 8. The van der Waals surface area contributed by atoms with E-state index in [1.54, 1.807) is 23.1 Å². The molecule has 0 radical (unpaired) electrons. The Morgan fingerprint density at radius 1 is 1.26 bits per heavy atom. The average molecular weight is 456 g/mol. The lowest BCUT2D eigenvalue weighted by Crippen LogP contribution is -2.48. The number of aromatic nitrogens is 1. The predicted octanol–water partition coefficient (Wildman–Crippen LogP) is 4.68. The highest BCUT2D eigenvalue weighted by molar-refractivity contribution is 8.00. The minimum absolute atomic E-state index is 0.0370. The minimum atomic E-state index is -0.0370. The molecule has 2 heterocycles. The summed E-state index contributed by atoms with van der Waals surface area (Å²) in [5, 5.41) is 3.09. The van der Waals surface area contributed by atoms with Crippen LogP contribution in [0.15, 0.2) is 52.9 Å². The lowest BCUT2D eigenvalue weighted by Gasteiger charge is -2.34. The first-order valence-electron chi connectivity index (χ1n) is 10.8. The van der Waals surface area contributed by atoms with Gasteiger partial charge in [0.25, 0.3) is 5.91 Å². The van der Waals surface area contributed by atoms with Crippen LogP contribution < -0.4 is 5.32 Å². The molecule has 1 aliphatic rings. The van der Waals surface area contributed by atoms with Crippen LogP contribution in [0.4, 0.5) is 0 Å². The number of morpholine rings is 1. The third-order valence-electron chi connectivity index (χ3n) is 5.22. The smallest absolute Gasteiger partial charge is 0.251 e. The third-order valence-corrected chi connectivity index (χ3v) is 7.45. The molecule has 1 aromatic heterocycles. The molecule has 164 valence electrons. The molecule has 4 rings (SSSR count). The first kappa shape index (κ1) is 22.3. The molecule has 0 spiro atoms. The van der Waals surface area contributed by atoms with Crippen molar-refractivity contribution in [2.24, 2.45) is 5.92 Å². The van der Waals surface area contributed by atoms with E-state index in [2.05, 4.69) is 35.1 Å². The number of nitrogens with zero attached hydrogens (tertiary/aromatic N) is 2. The molecule has 1 N–H and O–H groups in total. The summed E-state index contributed by atoms with van der Waals surface area (Å²) >= 11 is 3.37. The molecule has 31 heavy (non-hydrogen) atoms. The van der Waals surface area contributed by atoms with Crippen LogP contribution in [0.2, 0.25) is 0 Å². The van der Waals surface area contributed by atoms with Gasteiger partial charge in [0, 0.05) is 37.5 Å². The fourth-order valence-electron chi connectivity index (χ4n) is 3.81. The molecule has 5 nitrogen and oxygen atoms in total. The van der Waals surface area contributed by atoms with E-state index in [0.717, 1.165) is 47.2 Å². The number of ether oxygens (including phenoxy) is 1. The van der Waals surface area contributed by atoms with Crippen LogP contribution >= 0.6 is 23.1 Å². The number of fused-ring (bicyclic) bond motifs is 1. The van der Waals surface area contributed by atoms with E-state index in [1.807, 2.05) is 42.5 Å². The summed E-state index contributed by atoms with van der Waals surface area (Å²) < 4.78 is 8.09. The fourth-order valence-corrected chi connectivity index (χ4v) is 5.88. The Labute approximate surface area is 192 Å². The molecule has 0 unspecified atom stereocenters.